The minimum Gasteiger partial charge on any atom is -0.491 e. The first-order valence-corrected chi connectivity index (χ1v) is 7.77. The molecule has 0 bridgehead atoms. The van der Waals surface area contributed by atoms with Crippen molar-refractivity contribution < 1.29 is 4.74 Å². The summed E-state index contributed by atoms with van der Waals surface area (Å²) >= 11 is 0. The molecule has 2 rings (SSSR count). The predicted octanol–water partition coefficient (Wildman–Crippen LogP) is 3.22. The maximum atomic E-state index is 6.37. The molecule has 2 unspecified atom stereocenters. The molecular formula is C17H28N2O. The van der Waals surface area contributed by atoms with Crippen molar-refractivity contribution in [3.05, 3.63) is 28.8 Å². The van der Waals surface area contributed by atoms with E-state index >= 15 is 0 Å². The number of rotatable bonds is 4. The minimum absolute atomic E-state index is 0.0449. The second-order valence-electron chi connectivity index (χ2n) is 6.01. The summed E-state index contributed by atoms with van der Waals surface area (Å²) in [6.07, 6.45) is 0. The SMILES string of the molecule is CCN(CC)C1c2c(C)ccc(C(C)C)c2OCC1N. The molecule has 3 heteroatoms. The molecule has 0 saturated carbocycles. The van der Waals surface area contributed by atoms with E-state index in [1.165, 1.54) is 16.7 Å². The van der Waals surface area contributed by atoms with Gasteiger partial charge in [-0.2, -0.15) is 0 Å². The Labute approximate surface area is 123 Å². The fraction of sp³-hybridized carbons (Fsp3) is 0.647. The molecule has 0 aliphatic carbocycles. The Kier molecular flexibility index (Phi) is 4.71. The summed E-state index contributed by atoms with van der Waals surface area (Å²) in [5.41, 5.74) is 10.3. The van der Waals surface area contributed by atoms with Gasteiger partial charge < -0.3 is 10.5 Å². The van der Waals surface area contributed by atoms with Gasteiger partial charge in [0.2, 0.25) is 0 Å². The Morgan fingerprint density at radius 3 is 2.50 bits per heavy atom. The van der Waals surface area contributed by atoms with Crippen molar-refractivity contribution in [2.45, 2.75) is 52.6 Å². The van der Waals surface area contributed by atoms with E-state index in [-0.39, 0.29) is 12.1 Å². The highest BCUT2D eigenvalue weighted by Crippen LogP contribution is 2.42. The molecule has 3 nitrogen and oxygen atoms in total. The molecule has 1 aromatic rings. The molecule has 0 amide bonds. The number of likely N-dealkylation sites (N-methyl/N-ethyl adjacent to an activating group) is 1. The number of aryl methyl sites for hydroxylation is 1. The summed E-state index contributed by atoms with van der Waals surface area (Å²) in [6, 6.07) is 4.73. The van der Waals surface area contributed by atoms with Crippen LogP contribution in [0, 0.1) is 6.92 Å². The van der Waals surface area contributed by atoms with Gasteiger partial charge in [0.1, 0.15) is 12.4 Å². The summed E-state index contributed by atoms with van der Waals surface area (Å²) in [5, 5.41) is 0. The van der Waals surface area contributed by atoms with Crippen LogP contribution < -0.4 is 10.5 Å². The van der Waals surface area contributed by atoms with Crippen molar-refractivity contribution >= 4 is 0 Å². The lowest BCUT2D eigenvalue weighted by Gasteiger charge is -2.40. The first-order chi connectivity index (χ1) is 9.51. The first-order valence-electron chi connectivity index (χ1n) is 7.77. The zero-order chi connectivity index (χ0) is 14.9. The van der Waals surface area contributed by atoms with Crippen molar-refractivity contribution in [1.29, 1.82) is 0 Å². The number of nitrogens with zero attached hydrogens (tertiary/aromatic N) is 1. The van der Waals surface area contributed by atoms with Crippen LogP contribution in [0.2, 0.25) is 0 Å². The number of fused-ring (bicyclic) bond motifs is 1. The van der Waals surface area contributed by atoms with Gasteiger partial charge in [0.15, 0.2) is 0 Å². The van der Waals surface area contributed by atoms with E-state index in [0.29, 0.717) is 12.5 Å². The van der Waals surface area contributed by atoms with Crippen molar-refractivity contribution in [2.75, 3.05) is 19.7 Å². The first kappa shape index (κ1) is 15.3. The Morgan fingerprint density at radius 2 is 1.95 bits per heavy atom. The van der Waals surface area contributed by atoms with Gasteiger partial charge in [-0.3, -0.25) is 4.90 Å². The molecule has 112 valence electrons. The molecule has 2 N–H and O–H groups in total. The normalized spacial score (nSPS) is 22.0. The van der Waals surface area contributed by atoms with Gasteiger partial charge >= 0.3 is 0 Å². The summed E-state index contributed by atoms with van der Waals surface area (Å²) in [6.45, 7) is 13.6. The van der Waals surface area contributed by atoms with Crippen LogP contribution in [0.5, 0.6) is 5.75 Å². The third kappa shape index (κ3) is 2.57. The maximum Gasteiger partial charge on any atom is 0.127 e. The smallest absolute Gasteiger partial charge is 0.127 e. The van der Waals surface area contributed by atoms with Crippen LogP contribution in [-0.4, -0.2) is 30.6 Å². The quantitative estimate of drug-likeness (QED) is 0.917. The van der Waals surface area contributed by atoms with E-state index in [1.54, 1.807) is 0 Å². The third-order valence-electron chi connectivity index (χ3n) is 4.39. The molecular weight excluding hydrogens is 248 g/mol. The van der Waals surface area contributed by atoms with Crippen LogP contribution in [0.15, 0.2) is 12.1 Å². The number of nitrogens with two attached hydrogens (primary N) is 1. The van der Waals surface area contributed by atoms with E-state index in [1.807, 2.05) is 0 Å². The Bertz CT molecular complexity index is 466. The van der Waals surface area contributed by atoms with Crippen molar-refractivity contribution in [1.82, 2.24) is 4.90 Å². The van der Waals surface area contributed by atoms with E-state index in [4.69, 9.17) is 10.5 Å². The van der Waals surface area contributed by atoms with Crippen LogP contribution in [0.1, 0.15) is 56.3 Å². The Hall–Kier alpha value is -1.06. The van der Waals surface area contributed by atoms with Crippen molar-refractivity contribution in [2.24, 2.45) is 5.73 Å². The maximum absolute atomic E-state index is 6.37. The molecule has 0 spiro atoms. The average molecular weight is 276 g/mol. The molecule has 2 atom stereocenters. The standard InChI is InChI=1S/C17H28N2O/c1-6-19(7-2)16-14(18)10-20-17-13(11(3)4)9-8-12(5)15(16)17/h8-9,11,14,16H,6-7,10,18H2,1-5H3. The molecule has 1 heterocycles. The van der Waals surface area contributed by atoms with Gasteiger partial charge in [-0.15, -0.1) is 0 Å². The Morgan fingerprint density at radius 1 is 1.30 bits per heavy atom. The number of benzene rings is 1. The monoisotopic (exact) mass is 276 g/mol. The van der Waals surface area contributed by atoms with Gasteiger partial charge in [-0.05, 0) is 37.1 Å². The van der Waals surface area contributed by atoms with Crippen LogP contribution in [0.25, 0.3) is 0 Å². The summed E-state index contributed by atoms with van der Waals surface area (Å²) in [7, 11) is 0. The fourth-order valence-corrected chi connectivity index (χ4v) is 3.25. The van der Waals surface area contributed by atoms with Crippen LogP contribution >= 0.6 is 0 Å². The molecule has 0 fully saturated rings. The average Bonchev–Trinajstić information content (AvgIpc) is 2.42. The van der Waals surface area contributed by atoms with Gasteiger partial charge in [-0.1, -0.05) is 39.8 Å². The van der Waals surface area contributed by atoms with Gasteiger partial charge in [-0.25, -0.2) is 0 Å². The fourth-order valence-electron chi connectivity index (χ4n) is 3.25. The molecule has 0 radical (unpaired) electrons. The van der Waals surface area contributed by atoms with Crippen LogP contribution in [-0.2, 0) is 0 Å². The van der Waals surface area contributed by atoms with Crippen molar-refractivity contribution in [3.63, 3.8) is 0 Å². The summed E-state index contributed by atoms with van der Waals surface area (Å²) < 4.78 is 6.03. The number of ether oxygens (including phenoxy) is 1. The molecule has 20 heavy (non-hydrogen) atoms. The summed E-state index contributed by atoms with van der Waals surface area (Å²) in [4.78, 5) is 2.45. The largest absolute Gasteiger partial charge is 0.491 e. The molecule has 1 aliphatic rings. The highest BCUT2D eigenvalue weighted by Gasteiger charge is 2.34. The van der Waals surface area contributed by atoms with E-state index in [9.17, 15) is 0 Å². The minimum atomic E-state index is 0.0449. The second kappa shape index (κ2) is 6.15. The molecule has 1 aliphatic heterocycles. The van der Waals surface area contributed by atoms with Crippen LogP contribution in [0.4, 0.5) is 0 Å². The lowest BCUT2D eigenvalue weighted by Crippen LogP contribution is -2.47. The molecule has 0 saturated heterocycles. The molecule has 0 aromatic heterocycles. The zero-order valence-corrected chi connectivity index (χ0v) is 13.4. The van der Waals surface area contributed by atoms with E-state index < -0.39 is 0 Å². The third-order valence-corrected chi connectivity index (χ3v) is 4.39. The van der Waals surface area contributed by atoms with E-state index in [2.05, 4.69) is 51.7 Å². The second-order valence-corrected chi connectivity index (χ2v) is 6.01. The lowest BCUT2D eigenvalue weighted by atomic mass is 9.87. The number of hydrogen-bond donors (Lipinski definition) is 1. The highest BCUT2D eigenvalue weighted by atomic mass is 16.5. The zero-order valence-electron chi connectivity index (χ0n) is 13.4. The van der Waals surface area contributed by atoms with Gasteiger partial charge in [0.25, 0.3) is 0 Å². The predicted molar refractivity (Wildman–Crippen MR) is 84.4 cm³/mol. The lowest BCUT2D eigenvalue weighted by molar-refractivity contribution is 0.127. The Balaban J connectivity index is 2.57. The topological polar surface area (TPSA) is 38.5 Å². The van der Waals surface area contributed by atoms with Gasteiger partial charge in [0.05, 0.1) is 12.1 Å². The van der Waals surface area contributed by atoms with Crippen molar-refractivity contribution in [3.8, 4) is 5.75 Å². The van der Waals surface area contributed by atoms with Crippen LogP contribution in [0.3, 0.4) is 0 Å². The summed E-state index contributed by atoms with van der Waals surface area (Å²) in [5.74, 6) is 1.55. The van der Waals surface area contributed by atoms with E-state index in [0.717, 1.165) is 18.8 Å². The van der Waals surface area contributed by atoms with Gasteiger partial charge in [0, 0.05) is 5.56 Å². The molecule has 1 aromatic carbocycles. The highest BCUT2D eigenvalue weighted by molar-refractivity contribution is 5.51. The number of hydrogen-bond acceptors (Lipinski definition) is 3.